The third-order valence-corrected chi connectivity index (χ3v) is 2.81. The van der Waals surface area contributed by atoms with Crippen molar-refractivity contribution in [3.05, 3.63) is 0 Å². The predicted molar refractivity (Wildman–Crippen MR) is 69.2 cm³/mol. The fraction of sp³-hybridized carbons (Fsp3) is 1.00. The summed E-state index contributed by atoms with van der Waals surface area (Å²) >= 11 is 0. The second kappa shape index (κ2) is 11.1. The van der Waals surface area contributed by atoms with Gasteiger partial charge in [0.05, 0.1) is 6.17 Å². The largest absolute Gasteiger partial charge is 0.316 e. The molecule has 1 atom stereocenters. The topological polar surface area (TPSA) is 29.3 Å². The standard InChI is InChI=1S/C6H15B.C5H14N2/c1-4-7(5-2)6-3;1-4-5(6)7(2)3/h4-6H2,1-3H3;5H,4,6H2,1-3H3. The van der Waals surface area contributed by atoms with Gasteiger partial charge in [0.25, 0.3) is 0 Å². The summed E-state index contributed by atoms with van der Waals surface area (Å²) < 4.78 is 0. The molecule has 3 heteroatoms. The lowest BCUT2D eigenvalue weighted by Crippen LogP contribution is -2.35. The summed E-state index contributed by atoms with van der Waals surface area (Å²) in [4.78, 5) is 2.00. The molecule has 0 saturated carbocycles. The van der Waals surface area contributed by atoms with Gasteiger partial charge in [-0.1, -0.05) is 46.7 Å². The van der Waals surface area contributed by atoms with Crippen LogP contribution in [0.1, 0.15) is 34.1 Å². The van der Waals surface area contributed by atoms with Gasteiger partial charge >= 0.3 is 0 Å². The van der Waals surface area contributed by atoms with Gasteiger partial charge in [0.2, 0.25) is 0 Å². The van der Waals surface area contributed by atoms with Crippen LogP contribution < -0.4 is 5.73 Å². The summed E-state index contributed by atoms with van der Waals surface area (Å²) in [5, 5.41) is 0. The highest BCUT2D eigenvalue weighted by Crippen LogP contribution is 2.01. The van der Waals surface area contributed by atoms with E-state index in [1.54, 1.807) is 0 Å². The Morgan fingerprint density at radius 1 is 1.00 bits per heavy atom. The lowest BCUT2D eigenvalue weighted by atomic mass is 9.44. The minimum atomic E-state index is 0.236. The predicted octanol–water partition coefficient (Wildman–Crippen LogP) is 2.78. The van der Waals surface area contributed by atoms with Gasteiger partial charge in [0, 0.05) is 0 Å². The lowest BCUT2D eigenvalue weighted by Gasteiger charge is -2.16. The zero-order chi connectivity index (χ0) is 11.6. The van der Waals surface area contributed by atoms with Crippen LogP contribution >= 0.6 is 0 Å². The van der Waals surface area contributed by atoms with Crippen LogP contribution in [0.5, 0.6) is 0 Å². The summed E-state index contributed by atoms with van der Waals surface area (Å²) in [6.45, 7) is 9.84. The molecule has 14 heavy (non-hydrogen) atoms. The van der Waals surface area contributed by atoms with Crippen molar-refractivity contribution in [3.63, 3.8) is 0 Å². The molecule has 0 aromatic rings. The number of nitrogens with two attached hydrogens (primary N) is 1. The van der Waals surface area contributed by atoms with E-state index < -0.39 is 0 Å². The molecule has 0 aliphatic carbocycles. The van der Waals surface area contributed by atoms with Gasteiger partial charge in [-0.05, 0) is 20.5 Å². The maximum Gasteiger partial charge on any atom is 0.139 e. The first-order valence-electron chi connectivity index (χ1n) is 5.95. The van der Waals surface area contributed by atoms with Crippen molar-refractivity contribution in [1.29, 1.82) is 0 Å². The molecule has 1 unspecified atom stereocenters. The monoisotopic (exact) mass is 200 g/mol. The van der Waals surface area contributed by atoms with Crippen LogP contribution in [-0.4, -0.2) is 31.9 Å². The van der Waals surface area contributed by atoms with Crippen molar-refractivity contribution in [2.24, 2.45) is 5.73 Å². The average molecular weight is 200 g/mol. The number of hydrogen-bond acceptors (Lipinski definition) is 2. The van der Waals surface area contributed by atoms with E-state index in [1.165, 1.54) is 19.0 Å². The molecular formula is C11H29BN2. The van der Waals surface area contributed by atoms with Crippen LogP contribution in [0, 0.1) is 0 Å². The Balaban J connectivity index is 0. The summed E-state index contributed by atoms with van der Waals surface area (Å²) in [6, 6.07) is 0. The fourth-order valence-corrected chi connectivity index (χ4v) is 1.23. The first-order chi connectivity index (χ1) is 6.53. The molecule has 0 aliphatic heterocycles. The molecule has 0 rings (SSSR count). The summed E-state index contributed by atoms with van der Waals surface area (Å²) in [6.07, 6.45) is 5.32. The molecule has 2 nitrogen and oxygen atoms in total. The van der Waals surface area contributed by atoms with Crippen LogP contribution in [0.15, 0.2) is 0 Å². The Morgan fingerprint density at radius 2 is 1.36 bits per heavy atom. The Hall–Kier alpha value is -0.0151. The van der Waals surface area contributed by atoms with Gasteiger partial charge < -0.3 is 5.73 Å². The Labute approximate surface area is 91.3 Å². The third-order valence-electron chi connectivity index (χ3n) is 2.81. The number of rotatable bonds is 5. The van der Waals surface area contributed by atoms with Crippen molar-refractivity contribution in [2.45, 2.75) is 59.2 Å². The van der Waals surface area contributed by atoms with Gasteiger partial charge in [0.1, 0.15) is 6.71 Å². The first-order valence-corrected chi connectivity index (χ1v) is 5.95. The van der Waals surface area contributed by atoms with Gasteiger partial charge in [-0.3, -0.25) is 4.90 Å². The molecule has 0 heterocycles. The smallest absolute Gasteiger partial charge is 0.139 e. The van der Waals surface area contributed by atoms with E-state index >= 15 is 0 Å². The van der Waals surface area contributed by atoms with Crippen LogP contribution in [-0.2, 0) is 0 Å². The van der Waals surface area contributed by atoms with Crippen molar-refractivity contribution in [3.8, 4) is 0 Å². The molecule has 0 fully saturated rings. The Morgan fingerprint density at radius 3 is 1.36 bits per heavy atom. The molecule has 0 aliphatic rings. The zero-order valence-corrected chi connectivity index (χ0v) is 11.0. The average Bonchev–Trinajstić information content (AvgIpc) is 2.20. The van der Waals surface area contributed by atoms with E-state index in [2.05, 4.69) is 27.7 Å². The van der Waals surface area contributed by atoms with Gasteiger partial charge in [-0.25, -0.2) is 0 Å². The number of hydrogen-bond donors (Lipinski definition) is 1. The second-order valence-electron chi connectivity index (χ2n) is 4.03. The maximum atomic E-state index is 5.54. The minimum Gasteiger partial charge on any atom is -0.316 e. The first kappa shape index (κ1) is 16.4. The highest BCUT2D eigenvalue weighted by Gasteiger charge is 2.01. The van der Waals surface area contributed by atoms with E-state index in [1.807, 2.05) is 19.0 Å². The molecule has 2 N–H and O–H groups in total. The van der Waals surface area contributed by atoms with E-state index in [9.17, 15) is 0 Å². The van der Waals surface area contributed by atoms with E-state index in [4.69, 9.17) is 5.73 Å². The van der Waals surface area contributed by atoms with Crippen molar-refractivity contribution in [2.75, 3.05) is 14.1 Å². The fourth-order valence-electron chi connectivity index (χ4n) is 1.23. The van der Waals surface area contributed by atoms with Crippen molar-refractivity contribution >= 4 is 6.71 Å². The van der Waals surface area contributed by atoms with E-state index in [-0.39, 0.29) is 6.17 Å². The van der Waals surface area contributed by atoms with Crippen LogP contribution in [0.4, 0.5) is 0 Å². The molecule has 86 valence electrons. The van der Waals surface area contributed by atoms with E-state index in [0.29, 0.717) is 0 Å². The quantitative estimate of drug-likeness (QED) is 0.546. The third kappa shape index (κ3) is 10.1. The Kier molecular flexibility index (Phi) is 13.0. The van der Waals surface area contributed by atoms with Crippen molar-refractivity contribution < 1.29 is 0 Å². The van der Waals surface area contributed by atoms with Crippen LogP contribution in [0.3, 0.4) is 0 Å². The van der Waals surface area contributed by atoms with E-state index in [0.717, 1.165) is 13.1 Å². The normalized spacial score (nSPS) is 12.0. The highest BCUT2D eigenvalue weighted by atomic mass is 15.2. The van der Waals surface area contributed by atoms with Crippen LogP contribution in [0.25, 0.3) is 0 Å². The molecule has 0 bridgehead atoms. The summed E-state index contributed by atoms with van der Waals surface area (Å²) in [5.41, 5.74) is 5.54. The molecular weight excluding hydrogens is 171 g/mol. The number of nitrogens with zero attached hydrogens (tertiary/aromatic N) is 1. The molecule has 0 spiro atoms. The molecule has 0 amide bonds. The SMILES string of the molecule is CCB(CC)CC.CCC(N)N(C)C. The minimum absolute atomic E-state index is 0.236. The molecule has 0 radical (unpaired) electrons. The van der Waals surface area contributed by atoms with Crippen molar-refractivity contribution in [1.82, 2.24) is 4.90 Å². The van der Waals surface area contributed by atoms with Gasteiger partial charge in [-0.2, -0.15) is 0 Å². The van der Waals surface area contributed by atoms with Gasteiger partial charge in [0.15, 0.2) is 0 Å². The zero-order valence-electron chi connectivity index (χ0n) is 11.0. The van der Waals surface area contributed by atoms with Gasteiger partial charge in [-0.15, -0.1) is 0 Å². The maximum absolute atomic E-state index is 5.54. The highest BCUT2D eigenvalue weighted by molar-refractivity contribution is 6.58. The molecule has 0 saturated heterocycles. The molecule has 0 aromatic carbocycles. The second-order valence-corrected chi connectivity index (χ2v) is 4.03. The lowest BCUT2D eigenvalue weighted by molar-refractivity contribution is 0.293. The Bertz CT molecular complexity index is 94.7. The van der Waals surface area contributed by atoms with Crippen LogP contribution in [0.2, 0.25) is 19.0 Å². The summed E-state index contributed by atoms with van der Waals surface area (Å²) in [5.74, 6) is 0. The molecule has 0 aromatic heterocycles. The summed E-state index contributed by atoms with van der Waals surface area (Å²) in [7, 11) is 3.96.